The quantitative estimate of drug-likeness (QED) is 0.785. The molecule has 0 aliphatic carbocycles. The van der Waals surface area contributed by atoms with Gasteiger partial charge in [-0.2, -0.15) is 0 Å². The van der Waals surface area contributed by atoms with Gasteiger partial charge in [-0.25, -0.2) is 0 Å². The molecule has 0 aromatic heterocycles. The number of nitrogens with zero attached hydrogens (tertiary/aromatic N) is 1. The van der Waals surface area contributed by atoms with E-state index in [0.29, 0.717) is 12.3 Å². The molecular formula is C17H25BrN2O3. The highest BCUT2D eigenvalue weighted by atomic mass is 79.9. The molecule has 23 heavy (non-hydrogen) atoms. The summed E-state index contributed by atoms with van der Waals surface area (Å²) < 4.78 is 6.54. The molecule has 0 heterocycles. The van der Waals surface area contributed by atoms with E-state index in [-0.39, 0.29) is 24.4 Å². The van der Waals surface area contributed by atoms with Crippen LogP contribution in [0.15, 0.2) is 22.7 Å². The van der Waals surface area contributed by atoms with Crippen molar-refractivity contribution in [2.45, 2.75) is 46.8 Å². The fraction of sp³-hybridized carbons (Fsp3) is 0.529. The Hall–Kier alpha value is -1.56. The number of aryl methyl sites for hydroxylation is 1. The Balaban J connectivity index is 2.71. The van der Waals surface area contributed by atoms with Crippen molar-refractivity contribution < 1.29 is 14.3 Å². The van der Waals surface area contributed by atoms with Crippen molar-refractivity contribution in [2.24, 2.45) is 0 Å². The van der Waals surface area contributed by atoms with E-state index in [1.54, 1.807) is 6.92 Å². The largest absolute Gasteiger partial charge is 0.480 e. The first-order valence-corrected chi connectivity index (χ1v) is 8.54. The second-order valence-electron chi connectivity index (χ2n) is 5.77. The monoisotopic (exact) mass is 384 g/mol. The molecule has 0 aliphatic rings. The minimum Gasteiger partial charge on any atom is -0.480 e. The summed E-state index contributed by atoms with van der Waals surface area (Å²) in [4.78, 5) is 25.8. The zero-order chi connectivity index (χ0) is 17.6. The van der Waals surface area contributed by atoms with E-state index in [1.807, 2.05) is 45.9 Å². The zero-order valence-corrected chi connectivity index (χ0v) is 15.9. The summed E-state index contributed by atoms with van der Waals surface area (Å²) in [5, 5.41) is 2.79. The van der Waals surface area contributed by atoms with Crippen LogP contribution in [0.2, 0.25) is 0 Å². The first kappa shape index (κ1) is 19.5. The maximum absolute atomic E-state index is 12.5. The topological polar surface area (TPSA) is 58.6 Å². The number of rotatable bonds is 7. The van der Waals surface area contributed by atoms with Crippen LogP contribution in [0.1, 0.15) is 33.3 Å². The minimum absolute atomic E-state index is 0.0380. The first-order valence-electron chi connectivity index (χ1n) is 7.75. The number of benzene rings is 1. The number of ether oxygens (including phenoxy) is 1. The van der Waals surface area contributed by atoms with Gasteiger partial charge in [0.1, 0.15) is 5.75 Å². The van der Waals surface area contributed by atoms with Crippen molar-refractivity contribution in [1.29, 1.82) is 0 Å². The summed E-state index contributed by atoms with van der Waals surface area (Å²) in [5.74, 6) is 0.233. The number of carbonyl (C=O) groups is 2. The number of hydrogen-bond donors (Lipinski definition) is 1. The predicted octanol–water partition coefficient (Wildman–Crippen LogP) is 2.90. The molecule has 5 nitrogen and oxygen atoms in total. The van der Waals surface area contributed by atoms with Gasteiger partial charge in [-0.05, 0) is 68.2 Å². The van der Waals surface area contributed by atoms with Gasteiger partial charge in [0.05, 0.1) is 11.0 Å². The molecule has 0 spiro atoms. The second kappa shape index (κ2) is 8.91. The molecule has 0 saturated carbocycles. The fourth-order valence-corrected chi connectivity index (χ4v) is 2.67. The highest BCUT2D eigenvalue weighted by molar-refractivity contribution is 9.10. The number of likely N-dealkylation sites (N-methyl/N-ethyl adjacent to an activating group) is 1. The highest BCUT2D eigenvalue weighted by Gasteiger charge is 2.23. The van der Waals surface area contributed by atoms with E-state index in [2.05, 4.69) is 21.2 Å². The van der Waals surface area contributed by atoms with Crippen molar-refractivity contribution in [3.05, 3.63) is 28.2 Å². The van der Waals surface area contributed by atoms with Gasteiger partial charge in [0.15, 0.2) is 6.10 Å². The van der Waals surface area contributed by atoms with Crippen molar-refractivity contribution >= 4 is 27.7 Å². The van der Waals surface area contributed by atoms with Crippen LogP contribution in [0, 0.1) is 6.92 Å². The Labute approximate surface area is 146 Å². The predicted molar refractivity (Wildman–Crippen MR) is 94.5 cm³/mol. The van der Waals surface area contributed by atoms with Gasteiger partial charge in [-0.15, -0.1) is 0 Å². The molecule has 0 radical (unpaired) electrons. The molecule has 0 unspecified atom stereocenters. The number of amides is 2. The van der Waals surface area contributed by atoms with E-state index >= 15 is 0 Å². The van der Waals surface area contributed by atoms with Crippen molar-refractivity contribution in [3.63, 3.8) is 0 Å². The molecule has 1 N–H and O–H groups in total. The molecule has 0 saturated heterocycles. The molecule has 128 valence electrons. The van der Waals surface area contributed by atoms with Crippen molar-refractivity contribution in [1.82, 2.24) is 10.2 Å². The van der Waals surface area contributed by atoms with Gasteiger partial charge in [-0.3, -0.25) is 9.59 Å². The summed E-state index contributed by atoms with van der Waals surface area (Å²) in [6.45, 7) is 9.78. The van der Waals surface area contributed by atoms with E-state index in [9.17, 15) is 9.59 Å². The molecule has 0 fully saturated rings. The normalized spacial score (nSPS) is 12.0. The lowest BCUT2D eigenvalue weighted by atomic mass is 10.2. The number of nitrogens with one attached hydrogen (secondary N) is 1. The van der Waals surface area contributed by atoms with Crippen LogP contribution in [-0.4, -0.2) is 41.9 Å². The summed E-state index contributed by atoms with van der Waals surface area (Å²) in [5.41, 5.74) is 1.10. The van der Waals surface area contributed by atoms with E-state index in [1.165, 1.54) is 4.90 Å². The van der Waals surface area contributed by atoms with E-state index in [4.69, 9.17) is 4.74 Å². The standard InChI is InChI=1S/C17H25BrN2O3/c1-6-20(10-16(21)19-11(2)3)17(22)13(5)23-15-8-7-12(4)9-14(15)18/h7-9,11,13H,6,10H2,1-5H3,(H,19,21)/t13-/m1/s1. The third kappa shape index (κ3) is 6.22. The lowest BCUT2D eigenvalue weighted by molar-refractivity contribution is -0.141. The van der Waals surface area contributed by atoms with Crippen LogP contribution < -0.4 is 10.1 Å². The zero-order valence-electron chi connectivity index (χ0n) is 14.4. The minimum atomic E-state index is -0.666. The van der Waals surface area contributed by atoms with Crippen molar-refractivity contribution in [2.75, 3.05) is 13.1 Å². The number of carbonyl (C=O) groups excluding carboxylic acids is 2. The van der Waals surface area contributed by atoms with Crippen LogP contribution in [0.5, 0.6) is 5.75 Å². The molecule has 1 aromatic rings. The summed E-state index contributed by atoms with van der Waals surface area (Å²) in [7, 11) is 0. The Morgan fingerprint density at radius 1 is 1.30 bits per heavy atom. The fourth-order valence-electron chi connectivity index (χ4n) is 2.09. The van der Waals surface area contributed by atoms with Gasteiger partial charge in [0, 0.05) is 12.6 Å². The molecule has 0 aliphatic heterocycles. The maximum atomic E-state index is 12.5. The summed E-state index contributed by atoms with van der Waals surface area (Å²) >= 11 is 3.43. The van der Waals surface area contributed by atoms with Crippen LogP contribution in [0.3, 0.4) is 0 Å². The van der Waals surface area contributed by atoms with Gasteiger partial charge in [-0.1, -0.05) is 6.07 Å². The highest BCUT2D eigenvalue weighted by Crippen LogP contribution is 2.26. The van der Waals surface area contributed by atoms with Crippen LogP contribution in [0.25, 0.3) is 0 Å². The van der Waals surface area contributed by atoms with E-state index < -0.39 is 6.10 Å². The third-order valence-corrected chi connectivity index (χ3v) is 3.84. The molecule has 0 bridgehead atoms. The van der Waals surface area contributed by atoms with Gasteiger partial charge in [0.2, 0.25) is 5.91 Å². The van der Waals surface area contributed by atoms with Gasteiger partial charge < -0.3 is 15.0 Å². The van der Waals surface area contributed by atoms with Gasteiger partial charge >= 0.3 is 0 Å². The molecule has 1 rings (SSSR count). The molecule has 6 heteroatoms. The third-order valence-electron chi connectivity index (χ3n) is 3.22. The Bertz CT molecular complexity index is 561. The molecule has 2 amide bonds. The Morgan fingerprint density at radius 3 is 2.48 bits per heavy atom. The lowest BCUT2D eigenvalue weighted by Gasteiger charge is -2.25. The molecular weight excluding hydrogens is 360 g/mol. The molecule has 1 atom stereocenters. The Morgan fingerprint density at radius 2 is 1.96 bits per heavy atom. The smallest absolute Gasteiger partial charge is 0.263 e. The maximum Gasteiger partial charge on any atom is 0.263 e. The average molecular weight is 385 g/mol. The summed E-state index contributed by atoms with van der Waals surface area (Å²) in [6.07, 6.45) is -0.666. The second-order valence-corrected chi connectivity index (χ2v) is 6.62. The SMILES string of the molecule is CCN(CC(=O)NC(C)C)C(=O)[C@@H](C)Oc1ccc(C)cc1Br. The van der Waals surface area contributed by atoms with Crippen LogP contribution in [0.4, 0.5) is 0 Å². The van der Waals surface area contributed by atoms with Crippen LogP contribution in [-0.2, 0) is 9.59 Å². The Kier molecular flexibility index (Phi) is 7.55. The average Bonchev–Trinajstić information content (AvgIpc) is 2.46. The van der Waals surface area contributed by atoms with Crippen molar-refractivity contribution in [3.8, 4) is 5.75 Å². The van der Waals surface area contributed by atoms with Crippen LogP contribution >= 0.6 is 15.9 Å². The first-order chi connectivity index (χ1) is 10.7. The molecule has 1 aromatic carbocycles. The number of halogens is 1. The summed E-state index contributed by atoms with van der Waals surface area (Å²) in [6, 6.07) is 5.73. The van der Waals surface area contributed by atoms with Gasteiger partial charge in [0.25, 0.3) is 5.91 Å². The van der Waals surface area contributed by atoms with E-state index in [0.717, 1.165) is 10.0 Å². The lowest BCUT2D eigenvalue weighted by Crippen LogP contribution is -2.46. The number of hydrogen-bond acceptors (Lipinski definition) is 3.